The number of hydrogen-bond donors (Lipinski definition) is 0. The molecule has 1 aromatic rings. The maximum atomic E-state index is 12.2. The zero-order valence-corrected chi connectivity index (χ0v) is 13.5. The molecular formula is C11H14Cl3O3P. The number of halogens is 3. The van der Waals surface area contributed by atoms with Gasteiger partial charge in [-0.25, -0.2) is 0 Å². The van der Waals surface area contributed by atoms with Crippen LogP contribution in [0.2, 0.25) is 5.02 Å². The highest BCUT2D eigenvalue weighted by molar-refractivity contribution is 7.64. The molecule has 0 fully saturated rings. The maximum Gasteiger partial charge on any atom is 0.395 e. The van der Waals surface area contributed by atoms with Crippen molar-refractivity contribution in [2.24, 2.45) is 0 Å². The number of aryl methyl sites for hydroxylation is 1. The SMILES string of the molecule is CCc1cc(P(=O)(OCl)OCl)c(Cl)c(CC)c1C. The third-order valence-electron chi connectivity index (χ3n) is 2.95. The van der Waals surface area contributed by atoms with Crippen LogP contribution in [0.15, 0.2) is 6.07 Å². The predicted molar refractivity (Wildman–Crippen MR) is 76.1 cm³/mol. The first kappa shape index (κ1) is 16.3. The van der Waals surface area contributed by atoms with Crippen molar-refractivity contribution >= 4 is 48.2 Å². The van der Waals surface area contributed by atoms with Gasteiger partial charge in [-0.3, -0.25) is 4.57 Å². The second-order valence-electron chi connectivity index (χ2n) is 3.81. The quantitative estimate of drug-likeness (QED) is 0.717. The minimum Gasteiger partial charge on any atom is -0.252 e. The fourth-order valence-corrected chi connectivity index (χ4v) is 4.12. The van der Waals surface area contributed by atoms with E-state index in [2.05, 4.69) is 8.15 Å². The molecule has 0 aliphatic carbocycles. The molecule has 0 radical (unpaired) electrons. The molecule has 0 atom stereocenters. The lowest BCUT2D eigenvalue weighted by atomic mass is 9.99. The fourth-order valence-electron chi connectivity index (χ4n) is 1.92. The molecule has 0 spiro atoms. The lowest BCUT2D eigenvalue weighted by Gasteiger charge is -2.18. The van der Waals surface area contributed by atoms with Gasteiger partial charge < -0.3 is 0 Å². The average Bonchev–Trinajstić information content (AvgIpc) is 2.39. The smallest absolute Gasteiger partial charge is 0.252 e. The molecule has 0 N–H and O–H groups in total. The van der Waals surface area contributed by atoms with Gasteiger partial charge in [0.15, 0.2) is 0 Å². The number of benzene rings is 1. The van der Waals surface area contributed by atoms with E-state index in [0.29, 0.717) is 11.4 Å². The van der Waals surface area contributed by atoms with Crippen LogP contribution in [0.1, 0.15) is 30.5 Å². The molecule has 0 aliphatic rings. The zero-order valence-electron chi connectivity index (χ0n) is 10.3. The topological polar surface area (TPSA) is 35.5 Å². The van der Waals surface area contributed by atoms with Crippen molar-refractivity contribution in [1.82, 2.24) is 0 Å². The molecule has 7 heteroatoms. The Hall–Kier alpha value is 0.240. The van der Waals surface area contributed by atoms with Gasteiger partial charge in [-0.1, -0.05) is 25.4 Å². The monoisotopic (exact) mass is 330 g/mol. The predicted octanol–water partition coefficient (Wildman–Crippen LogP) is 4.93. The van der Waals surface area contributed by atoms with Gasteiger partial charge in [0.1, 0.15) is 0 Å². The van der Waals surface area contributed by atoms with Gasteiger partial charge >= 0.3 is 7.60 Å². The highest BCUT2D eigenvalue weighted by Gasteiger charge is 2.32. The normalized spacial score (nSPS) is 11.9. The van der Waals surface area contributed by atoms with E-state index in [4.69, 9.17) is 35.3 Å². The second kappa shape index (κ2) is 6.60. The van der Waals surface area contributed by atoms with Crippen molar-refractivity contribution < 1.29 is 12.7 Å². The highest BCUT2D eigenvalue weighted by atomic mass is 35.5. The Labute approximate surface area is 122 Å². The lowest BCUT2D eigenvalue weighted by Crippen LogP contribution is -2.13. The molecule has 0 saturated heterocycles. The van der Waals surface area contributed by atoms with Crippen LogP contribution in [0.3, 0.4) is 0 Å². The zero-order chi connectivity index (χ0) is 13.9. The van der Waals surface area contributed by atoms with E-state index in [1.54, 1.807) is 6.07 Å². The minimum absolute atomic E-state index is 0.202. The Morgan fingerprint density at radius 1 is 1.22 bits per heavy atom. The molecule has 0 bridgehead atoms. The number of hydrogen-bond acceptors (Lipinski definition) is 3. The lowest BCUT2D eigenvalue weighted by molar-refractivity contribution is 0.430. The Balaban J connectivity index is 3.60. The van der Waals surface area contributed by atoms with E-state index in [-0.39, 0.29) is 5.30 Å². The van der Waals surface area contributed by atoms with E-state index in [0.717, 1.165) is 23.1 Å². The molecule has 0 saturated carbocycles. The van der Waals surface area contributed by atoms with Gasteiger partial charge in [-0.2, -0.15) is 8.15 Å². The van der Waals surface area contributed by atoms with Crippen LogP contribution >= 0.6 is 42.9 Å². The van der Waals surface area contributed by atoms with Crippen molar-refractivity contribution in [3.8, 4) is 0 Å². The van der Waals surface area contributed by atoms with Gasteiger partial charge in [-0.15, -0.1) is 0 Å². The first-order valence-electron chi connectivity index (χ1n) is 5.47. The van der Waals surface area contributed by atoms with Crippen LogP contribution in [-0.2, 0) is 25.6 Å². The molecule has 0 aliphatic heterocycles. The van der Waals surface area contributed by atoms with E-state index >= 15 is 0 Å². The van der Waals surface area contributed by atoms with Crippen LogP contribution < -0.4 is 5.30 Å². The Morgan fingerprint density at radius 3 is 2.17 bits per heavy atom. The molecule has 102 valence electrons. The minimum atomic E-state index is -3.77. The molecule has 0 unspecified atom stereocenters. The van der Waals surface area contributed by atoms with Gasteiger partial charge in [-0.05, 0) is 42.5 Å². The van der Waals surface area contributed by atoms with E-state index in [1.165, 1.54) is 0 Å². The summed E-state index contributed by atoms with van der Waals surface area (Å²) in [6.45, 7) is 5.93. The van der Waals surface area contributed by atoms with Crippen molar-refractivity contribution in [3.05, 3.63) is 27.8 Å². The van der Waals surface area contributed by atoms with Gasteiger partial charge in [0.2, 0.25) is 0 Å². The van der Waals surface area contributed by atoms with Crippen molar-refractivity contribution in [3.63, 3.8) is 0 Å². The summed E-state index contributed by atoms with van der Waals surface area (Å²) >= 11 is 16.7. The molecule has 1 aromatic carbocycles. The highest BCUT2D eigenvalue weighted by Crippen LogP contribution is 2.52. The average molecular weight is 332 g/mol. The molecule has 0 heterocycles. The molecule has 0 amide bonds. The van der Waals surface area contributed by atoms with Crippen LogP contribution in [0.5, 0.6) is 0 Å². The summed E-state index contributed by atoms with van der Waals surface area (Å²) in [4.78, 5) is 0. The van der Waals surface area contributed by atoms with Gasteiger partial charge in [0, 0.05) is 0 Å². The Morgan fingerprint density at radius 2 is 1.78 bits per heavy atom. The van der Waals surface area contributed by atoms with Crippen LogP contribution in [0.4, 0.5) is 0 Å². The summed E-state index contributed by atoms with van der Waals surface area (Å²) in [6.07, 6.45) is 1.48. The molecular weight excluding hydrogens is 317 g/mol. The van der Waals surface area contributed by atoms with Crippen LogP contribution in [0.25, 0.3) is 0 Å². The largest absolute Gasteiger partial charge is 0.395 e. The third-order valence-corrected chi connectivity index (χ3v) is 5.91. The first-order valence-corrected chi connectivity index (χ1v) is 8.01. The molecule has 18 heavy (non-hydrogen) atoms. The van der Waals surface area contributed by atoms with E-state index in [9.17, 15) is 4.57 Å². The number of rotatable bonds is 5. The fraction of sp³-hybridized carbons (Fsp3) is 0.455. The van der Waals surface area contributed by atoms with Crippen LogP contribution in [-0.4, -0.2) is 0 Å². The van der Waals surface area contributed by atoms with Crippen molar-refractivity contribution in [2.75, 3.05) is 0 Å². The summed E-state index contributed by atoms with van der Waals surface area (Å²) < 4.78 is 21.0. The standard InChI is InChI=1S/C11H14Cl3O3P/c1-4-8-6-10(18(15,16-13)17-14)11(12)9(5-2)7(8)3/h6H,4-5H2,1-3H3. The summed E-state index contributed by atoms with van der Waals surface area (Å²) in [7, 11) is -3.77. The Kier molecular flexibility index (Phi) is 5.98. The maximum absolute atomic E-state index is 12.2. The van der Waals surface area contributed by atoms with E-state index < -0.39 is 7.60 Å². The molecule has 0 aromatic heterocycles. The molecule has 3 nitrogen and oxygen atoms in total. The van der Waals surface area contributed by atoms with Crippen LogP contribution in [0, 0.1) is 6.92 Å². The van der Waals surface area contributed by atoms with Gasteiger partial charge in [0.05, 0.1) is 34.1 Å². The van der Waals surface area contributed by atoms with Gasteiger partial charge in [0.25, 0.3) is 0 Å². The third kappa shape index (κ3) is 2.87. The molecule has 1 rings (SSSR count). The van der Waals surface area contributed by atoms with Crippen molar-refractivity contribution in [2.45, 2.75) is 33.6 Å². The summed E-state index contributed by atoms with van der Waals surface area (Å²) in [5, 5.41) is 0.533. The summed E-state index contributed by atoms with van der Waals surface area (Å²) in [6, 6.07) is 1.67. The Bertz CT molecular complexity index is 483. The summed E-state index contributed by atoms with van der Waals surface area (Å²) in [5.41, 5.74) is 2.98. The summed E-state index contributed by atoms with van der Waals surface area (Å²) in [5.74, 6) is 0. The van der Waals surface area contributed by atoms with Crippen molar-refractivity contribution in [1.29, 1.82) is 0 Å². The first-order chi connectivity index (χ1) is 8.45. The second-order valence-corrected chi connectivity index (χ2v) is 6.77. The van der Waals surface area contributed by atoms with E-state index in [1.807, 2.05) is 20.8 Å².